The van der Waals surface area contributed by atoms with Crippen LogP contribution in [0.2, 0.25) is 0 Å². The molecule has 1 aromatic carbocycles. The molecule has 23 heavy (non-hydrogen) atoms. The summed E-state index contributed by atoms with van der Waals surface area (Å²) in [5.74, 6) is -1.08. The number of alkyl carbamates (subject to hydrolysis) is 1. The quantitative estimate of drug-likeness (QED) is 0.504. The first-order chi connectivity index (χ1) is 11.1. The zero-order valence-corrected chi connectivity index (χ0v) is 12.6. The van der Waals surface area contributed by atoms with Crippen molar-refractivity contribution < 1.29 is 28.6 Å². The Balaban J connectivity index is 1.82. The van der Waals surface area contributed by atoms with E-state index in [1.165, 1.54) is 0 Å². The van der Waals surface area contributed by atoms with Gasteiger partial charge in [0, 0.05) is 6.42 Å². The van der Waals surface area contributed by atoms with Crippen LogP contribution in [-0.4, -0.2) is 30.7 Å². The predicted octanol–water partition coefficient (Wildman–Crippen LogP) is 1.68. The lowest BCUT2D eigenvalue weighted by atomic mass is 10.2. The van der Waals surface area contributed by atoms with Crippen LogP contribution < -0.4 is 5.32 Å². The summed E-state index contributed by atoms with van der Waals surface area (Å²) in [6.45, 7) is 1.99. The lowest BCUT2D eigenvalue weighted by Gasteiger charge is -2.09. The van der Waals surface area contributed by atoms with Crippen LogP contribution in [0.25, 0.3) is 0 Å². The molecule has 7 nitrogen and oxygen atoms in total. The number of nitrogens with one attached hydrogen (secondary N) is 1. The Labute approximate surface area is 133 Å². The summed E-state index contributed by atoms with van der Waals surface area (Å²) in [4.78, 5) is 34.6. The molecule has 0 bridgehead atoms. The third-order valence-corrected chi connectivity index (χ3v) is 2.99. The number of hydrogen-bond donors (Lipinski definition) is 1. The van der Waals surface area contributed by atoms with E-state index in [-0.39, 0.29) is 25.4 Å². The number of cyclic esters (lactones) is 1. The number of ether oxygens (including phenoxy) is 3. The van der Waals surface area contributed by atoms with E-state index in [2.05, 4.69) is 5.32 Å². The van der Waals surface area contributed by atoms with Gasteiger partial charge in [0.05, 0.1) is 12.7 Å². The topological polar surface area (TPSA) is 90.9 Å². The third-order valence-electron chi connectivity index (χ3n) is 2.99. The molecule has 2 rings (SSSR count). The zero-order chi connectivity index (χ0) is 16.7. The maximum atomic E-state index is 11.7. The van der Waals surface area contributed by atoms with Crippen LogP contribution in [0.5, 0.6) is 0 Å². The van der Waals surface area contributed by atoms with Crippen molar-refractivity contribution in [3.05, 3.63) is 47.7 Å². The maximum Gasteiger partial charge on any atom is 0.408 e. The first-order valence-corrected chi connectivity index (χ1v) is 7.14. The first kappa shape index (κ1) is 16.5. The van der Waals surface area contributed by atoms with Gasteiger partial charge in [-0.15, -0.1) is 0 Å². The maximum absolute atomic E-state index is 11.7. The highest BCUT2D eigenvalue weighted by atomic mass is 16.6. The van der Waals surface area contributed by atoms with Crippen molar-refractivity contribution in [3.8, 4) is 0 Å². The Hall–Kier alpha value is -2.83. The molecule has 1 amide bonds. The van der Waals surface area contributed by atoms with Gasteiger partial charge >= 0.3 is 18.0 Å². The normalized spacial score (nSPS) is 18.4. The molecule has 1 aliphatic heterocycles. The number of rotatable bonds is 5. The van der Waals surface area contributed by atoms with Gasteiger partial charge in [0.1, 0.15) is 18.4 Å². The zero-order valence-electron chi connectivity index (χ0n) is 12.6. The number of esters is 2. The average Bonchev–Trinajstić information content (AvgIpc) is 2.86. The van der Waals surface area contributed by atoms with Gasteiger partial charge in [-0.05, 0) is 12.5 Å². The molecule has 1 aromatic rings. The van der Waals surface area contributed by atoms with Crippen LogP contribution in [0.4, 0.5) is 4.79 Å². The lowest BCUT2D eigenvalue weighted by molar-refractivity contribution is -0.138. The standard InChI is InChI=1S/C16H17NO6/c1-2-21-14(18)9-12-8-13(15(19)23-12)17-16(20)22-10-11-6-4-3-5-7-11/h3-7,9,13H,2,8,10H2,1H3,(H,17,20)/b12-9+/t13-/m0/s1. The summed E-state index contributed by atoms with van der Waals surface area (Å²) in [5, 5.41) is 2.41. The van der Waals surface area contributed by atoms with Crippen LogP contribution in [-0.2, 0) is 30.4 Å². The summed E-state index contributed by atoms with van der Waals surface area (Å²) < 4.78 is 14.7. The smallest absolute Gasteiger partial charge is 0.408 e. The van der Waals surface area contributed by atoms with Crippen molar-refractivity contribution >= 4 is 18.0 Å². The molecule has 1 fully saturated rings. The van der Waals surface area contributed by atoms with Crippen molar-refractivity contribution in [2.24, 2.45) is 0 Å². The van der Waals surface area contributed by atoms with Crippen LogP contribution >= 0.6 is 0 Å². The van der Waals surface area contributed by atoms with E-state index in [4.69, 9.17) is 14.2 Å². The summed E-state index contributed by atoms with van der Waals surface area (Å²) >= 11 is 0. The Morgan fingerprint density at radius 3 is 2.74 bits per heavy atom. The van der Waals surface area contributed by atoms with Gasteiger partial charge in [0.2, 0.25) is 0 Å². The molecule has 1 atom stereocenters. The number of hydrogen-bond acceptors (Lipinski definition) is 6. The van der Waals surface area contributed by atoms with Crippen LogP contribution in [0.1, 0.15) is 18.9 Å². The highest BCUT2D eigenvalue weighted by Crippen LogP contribution is 2.19. The molecule has 7 heteroatoms. The fraction of sp³-hybridized carbons (Fsp3) is 0.312. The van der Waals surface area contributed by atoms with Crippen molar-refractivity contribution in [1.29, 1.82) is 0 Å². The largest absolute Gasteiger partial charge is 0.463 e. The van der Waals surface area contributed by atoms with E-state index in [9.17, 15) is 14.4 Å². The van der Waals surface area contributed by atoms with Crippen molar-refractivity contribution in [2.45, 2.75) is 26.0 Å². The summed E-state index contributed by atoms with van der Waals surface area (Å²) in [6, 6.07) is 8.28. The van der Waals surface area contributed by atoms with E-state index in [1.54, 1.807) is 6.92 Å². The van der Waals surface area contributed by atoms with Gasteiger partial charge in [-0.2, -0.15) is 0 Å². The minimum Gasteiger partial charge on any atom is -0.463 e. The second-order valence-corrected chi connectivity index (χ2v) is 4.75. The third kappa shape index (κ3) is 5.14. The number of carbonyl (C=O) groups is 3. The molecule has 122 valence electrons. The van der Waals surface area contributed by atoms with Crippen LogP contribution in [0.3, 0.4) is 0 Å². The number of carbonyl (C=O) groups excluding carboxylic acids is 3. The van der Waals surface area contributed by atoms with E-state index in [0.29, 0.717) is 0 Å². The van der Waals surface area contributed by atoms with Crippen molar-refractivity contribution in [2.75, 3.05) is 6.61 Å². The van der Waals surface area contributed by atoms with E-state index < -0.39 is 24.1 Å². The molecule has 0 spiro atoms. The Morgan fingerprint density at radius 2 is 2.04 bits per heavy atom. The van der Waals surface area contributed by atoms with Crippen molar-refractivity contribution in [1.82, 2.24) is 5.32 Å². The van der Waals surface area contributed by atoms with Gasteiger partial charge in [-0.3, -0.25) is 0 Å². The van der Waals surface area contributed by atoms with Crippen LogP contribution in [0, 0.1) is 0 Å². The Bertz CT molecular complexity index is 610. The molecular weight excluding hydrogens is 302 g/mol. The highest BCUT2D eigenvalue weighted by Gasteiger charge is 2.33. The first-order valence-electron chi connectivity index (χ1n) is 7.14. The van der Waals surface area contributed by atoms with E-state index in [1.807, 2.05) is 30.3 Å². The minimum absolute atomic E-state index is 0.0814. The molecule has 0 aromatic heterocycles. The lowest BCUT2D eigenvalue weighted by Crippen LogP contribution is -2.38. The molecule has 1 N–H and O–H groups in total. The monoisotopic (exact) mass is 319 g/mol. The summed E-state index contributed by atoms with van der Waals surface area (Å²) in [5.41, 5.74) is 0.833. The van der Waals surface area contributed by atoms with Gasteiger partial charge in [0.25, 0.3) is 0 Å². The fourth-order valence-corrected chi connectivity index (χ4v) is 1.95. The predicted molar refractivity (Wildman–Crippen MR) is 79.0 cm³/mol. The van der Waals surface area contributed by atoms with E-state index in [0.717, 1.165) is 11.6 Å². The van der Waals surface area contributed by atoms with Gasteiger partial charge < -0.3 is 19.5 Å². The van der Waals surface area contributed by atoms with E-state index >= 15 is 0 Å². The number of benzene rings is 1. The molecule has 1 aliphatic rings. The Kier molecular flexibility index (Phi) is 5.74. The second-order valence-electron chi connectivity index (χ2n) is 4.75. The Morgan fingerprint density at radius 1 is 1.30 bits per heavy atom. The molecule has 0 saturated carbocycles. The molecular formula is C16H17NO6. The van der Waals surface area contributed by atoms with Crippen LogP contribution in [0.15, 0.2) is 42.2 Å². The average molecular weight is 319 g/mol. The molecule has 0 unspecified atom stereocenters. The van der Waals surface area contributed by atoms with Gasteiger partial charge in [-0.25, -0.2) is 14.4 Å². The highest BCUT2D eigenvalue weighted by molar-refractivity contribution is 5.87. The summed E-state index contributed by atoms with van der Waals surface area (Å²) in [6.07, 6.45) is 0.449. The molecule has 1 saturated heterocycles. The summed E-state index contributed by atoms with van der Waals surface area (Å²) in [7, 11) is 0. The molecule has 0 radical (unpaired) electrons. The SMILES string of the molecule is CCOC(=O)/C=C1\C[C@H](NC(=O)OCc2ccccc2)C(=O)O1. The number of amides is 1. The minimum atomic E-state index is -0.876. The molecule has 1 heterocycles. The van der Waals surface area contributed by atoms with Gasteiger partial charge in [0.15, 0.2) is 0 Å². The van der Waals surface area contributed by atoms with Crippen molar-refractivity contribution in [3.63, 3.8) is 0 Å². The second kappa shape index (κ2) is 7.98. The fourth-order valence-electron chi connectivity index (χ4n) is 1.95. The molecule has 0 aliphatic carbocycles. The van der Waals surface area contributed by atoms with Gasteiger partial charge in [-0.1, -0.05) is 30.3 Å².